The van der Waals surface area contributed by atoms with Gasteiger partial charge in [0.25, 0.3) is 0 Å². The Balaban J connectivity index is 2.89. The maximum absolute atomic E-state index is 12.0. The van der Waals surface area contributed by atoms with E-state index in [2.05, 4.69) is 10.6 Å². The predicted molar refractivity (Wildman–Crippen MR) is 122 cm³/mol. The maximum Gasteiger partial charge on any atom is 0.407 e. The van der Waals surface area contributed by atoms with Crippen molar-refractivity contribution in [2.45, 2.75) is 46.4 Å². The molecule has 0 aliphatic rings. The van der Waals surface area contributed by atoms with Gasteiger partial charge in [-0.15, -0.1) is 0 Å². The normalized spacial score (nSPS) is 12.9. The summed E-state index contributed by atoms with van der Waals surface area (Å²) >= 11 is 33.5. The molecule has 0 fully saturated rings. The zero-order valence-electron chi connectivity index (χ0n) is 16.6. The van der Waals surface area contributed by atoms with Gasteiger partial charge in [0.15, 0.2) is 0 Å². The number of alkyl carbamates (subject to hydrolysis) is 2. The van der Waals surface area contributed by atoms with Crippen molar-refractivity contribution < 1.29 is 19.1 Å². The van der Waals surface area contributed by atoms with E-state index in [4.69, 9.17) is 79.1 Å². The molecule has 170 valence electrons. The smallest absolute Gasteiger partial charge is 0.407 e. The monoisotopic (exact) mass is 540 g/mol. The molecule has 0 aromatic heterocycles. The van der Waals surface area contributed by atoms with E-state index in [-0.39, 0.29) is 0 Å². The minimum atomic E-state index is -1.71. The molecule has 0 atom stereocenters. The second kappa shape index (κ2) is 10.4. The summed E-state index contributed by atoms with van der Waals surface area (Å²) in [4.78, 5) is 24.1. The number of rotatable bonds is 6. The summed E-state index contributed by atoms with van der Waals surface area (Å²) in [6, 6.07) is 7.24. The first-order valence-corrected chi connectivity index (χ1v) is 10.8. The Morgan fingerprint density at radius 3 is 1.40 bits per heavy atom. The second-order valence-electron chi connectivity index (χ2n) is 7.46. The molecule has 2 amide bonds. The molecule has 6 nitrogen and oxygen atoms in total. The van der Waals surface area contributed by atoms with Crippen LogP contribution in [0.4, 0.5) is 9.59 Å². The molecule has 0 aliphatic carbocycles. The highest BCUT2D eigenvalue weighted by Gasteiger charge is 2.30. The van der Waals surface area contributed by atoms with Crippen LogP contribution in [0.15, 0.2) is 24.3 Å². The lowest BCUT2D eigenvalue weighted by atomic mass is 9.87. The lowest BCUT2D eigenvalue weighted by Crippen LogP contribution is -2.44. The standard InChI is InChI=1S/C18H22Cl6N2O4/c1-15(2,25-13(27)29-9-17(19,20)21)11-6-5-7-12(8-11)16(3,4)26-14(28)30-10-18(22,23)24/h5-8H,9-10H2,1-4H3,(H,25,27)(H,26,28). The summed E-state index contributed by atoms with van der Waals surface area (Å²) in [6.07, 6.45) is -1.49. The predicted octanol–water partition coefficient (Wildman–Crippen LogP) is 6.35. The van der Waals surface area contributed by atoms with Crippen molar-refractivity contribution >= 4 is 81.8 Å². The van der Waals surface area contributed by atoms with Gasteiger partial charge in [-0.25, -0.2) is 9.59 Å². The van der Waals surface area contributed by atoms with Gasteiger partial charge in [-0.3, -0.25) is 0 Å². The Labute approximate surface area is 205 Å². The topological polar surface area (TPSA) is 76.7 Å². The van der Waals surface area contributed by atoms with Gasteiger partial charge >= 0.3 is 12.2 Å². The van der Waals surface area contributed by atoms with E-state index in [0.717, 1.165) is 11.1 Å². The Bertz CT molecular complexity index is 701. The fraction of sp³-hybridized carbons (Fsp3) is 0.556. The molecule has 0 bridgehead atoms. The molecule has 0 unspecified atom stereocenters. The number of hydrogen-bond acceptors (Lipinski definition) is 4. The van der Waals surface area contributed by atoms with Crippen LogP contribution in [-0.2, 0) is 20.6 Å². The first-order chi connectivity index (χ1) is 13.4. The van der Waals surface area contributed by atoms with Gasteiger partial charge in [-0.2, -0.15) is 0 Å². The average molecular weight is 543 g/mol. The third kappa shape index (κ3) is 10.2. The third-order valence-corrected chi connectivity index (χ3v) is 4.52. The van der Waals surface area contributed by atoms with Crippen LogP contribution in [0, 0.1) is 0 Å². The molecule has 0 heterocycles. The summed E-state index contributed by atoms with van der Waals surface area (Å²) < 4.78 is 6.42. The lowest BCUT2D eigenvalue weighted by Gasteiger charge is -2.31. The van der Waals surface area contributed by atoms with Gasteiger partial charge in [0.05, 0.1) is 11.1 Å². The highest BCUT2D eigenvalue weighted by molar-refractivity contribution is 6.68. The molecular weight excluding hydrogens is 521 g/mol. The molecule has 1 aromatic rings. The van der Waals surface area contributed by atoms with Crippen molar-refractivity contribution in [3.63, 3.8) is 0 Å². The maximum atomic E-state index is 12.0. The molecule has 0 radical (unpaired) electrons. The molecule has 2 N–H and O–H groups in total. The van der Waals surface area contributed by atoms with Crippen LogP contribution in [0.1, 0.15) is 38.8 Å². The van der Waals surface area contributed by atoms with Gasteiger partial charge in [0, 0.05) is 0 Å². The van der Waals surface area contributed by atoms with E-state index in [1.165, 1.54) is 0 Å². The number of benzene rings is 1. The molecule has 30 heavy (non-hydrogen) atoms. The van der Waals surface area contributed by atoms with Crippen LogP contribution in [-0.4, -0.2) is 33.0 Å². The minimum absolute atomic E-state index is 0.396. The fourth-order valence-electron chi connectivity index (χ4n) is 2.32. The number of carbonyl (C=O) groups is 2. The first-order valence-electron chi connectivity index (χ1n) is 8.56. The molecule has 12 heteroatoms. The Morgan fingerprint density at radius 1 is 0.767 bits per heavy atom. The number of nitrogens with one attached hydrogen (secondary N) is 2. The van der Waals surface area contributed by atoms with Crippen LogP contribution in [0.25, 0.3) is 0 Å². The number of hydrogen-bond donors (Lipinski definition) is 2. The Morgan fingerprint density at radius 2 is 1.10 bits per heavy atom. The van der Waals surface area contributed by atoms with Crippen LogP contribution < -0.4 is 10.6 Å². The quantitative estimate of drug-likeness (QED) is 0.411. The van der Waals surface area contributed by atoms with E-state index < -0.39 is 44.1 Å². The summed E-state index contributed by atoms with van der Waals surface area (Å²) in [5, 5.41) is 5.42. The van der Waals surface area contributed by atoms with E-state index in [0.29, 0.717) is 0 Å². The fourth-order valence-corrected chi connectivity index (χ4v) is 2.65. The van der Waals surface area contributed by atoms with E-state index >= 15 is 0 Å². The third-order valence-electron chi connectivity index (χ3n) is 3.87. The molecule has 0 spiro atoms. The van der Waals surface area contributed by atoms with Gasteiger partial charge in [0.1, 0.15) is 13.2 Å². The molecule has 1 rings (SSSR count). The minimum Gasteiger partial charge on any atom is -0.445 e. The van der Waals surface area contributed by atoms with Gasteiger partial charge in [-0.05, 0) is 38.8 Å². The van der Waals surface area contributed by atoms with Gasteiger partial charge in [0.2, 0.25) is 7.59 Å². The molecule has 1 aromatic carbocycles. The van der Waals surface area contributed by atoms with E-state index in [9.17, 15) is 9.59 Å². The molecular formula is C18H22Cl6N2O4. The SMILES string of the molecule is CC(C)(NC(=O)OCC(Cl)(Cl)Cl)c1cccc(C(C)(C)NC(=O)OCC(Cl)(Cl)Cl)c1. The Kier molecular flexibility index (Phi) is 9.56. The Hall–Kier alpha value is -0.500. The number of alkyl halides is 6. The van der Waals surface area contributed by atoms with Crippen LogP contribution >= 0.6 is 69.6 Å². The largest absolute Gasteiger partial charge is 0.445 e. The average Bonchev–Trinajstić information content (AvgIpc) is 2.56. The van der Waals surface area contributed by atoms with Crippen molar-refractivity contribution in [2.75, 3.05) is 13.2 Å². The van der Waals surface area contributed by atoms with E-state index in [1.807, 2.05) is 18.2 Å². The second-order valence-corrected chi connectivity index (χ2v) is 12.5. The molecule has 0 saturated heterocycles. The summed E-state index contributed by atoms with van der Waals surface area (Å²) in [7, 11) is 0. The molecule has 0 aliphatic heterocycles. The number of halogens is 6. The molecule has 0 saturated carbocycles. The number of amides is 2. The zero-order chi connectivity index (χ0) is 23.4. The highest BCUT2D eigenvalue weighted by atomic mass is 35.6. The highest BCUT2D eigenvalue weighted by Crippen LogP contribution is 2.29. The van der Waals surface area contributed by atoms with Crippen molar-refractivity contribution in [1.29, 1.82) is 0 Å². The van der Waals surface area contributed by atoms with Crippen molar-refractivity contribution in [3.8, 4) is 0 Å². The summed E-state index contributed by atoms with van der Waals surface area (Å²) in [5.74, 6) is 0. The van der Waals surface area contributed by atoms with Gasteiger partial charge < -0.3 is 20.1 Å². The lowest BCUT2D eigenvalue weighted by molar-refractivity contribution is 0.137. The van der Waals surface area contributed by atoms with Gasteiger partial charge in [-0.1, -0.05) is 93.9 Å². The first kappa shape index (κ1) is 27.5. The number of carbonyl (C=O) groups excluding carboxylic acids is 2. The van der Waals surface area contributed by atoms with Crippen LogP contribution in [0.2, 0.25) is 0 Å². The van der Waals surface area contributed by atoms with Crippen molar-refractivity contribution in [2.24, 2.45) is 0 Å². The zero-order valence-corrected chi connectivity index (χ0v) is 21.2. The summed E-state index contributed by atoms with van der Waals surface area (Å²) in [6.45, 7) is 6.31. The van der Waals surface area contributed by atoms with Crippen molar-refractivity contribution in [1.82, 2.24) is 10.6 Å². The van der Waals surface area contributed by atoms with Crippen LogP contribution in [0.5, 0.6) is 0 Å². The summed E-state index contributed by atoms with van der Waals surface area (Å²) in [5.41, 5.74) is -0.162. The van der Waals surface area contributed by atoms with Crippen LogP contribution in [0.3, 0.4) is 0 Å². The van der Waals surface area contributed by atoms with Crippen molar-refractivity contribution in [3.05, 3.63) is 35.4 Å². The van der Waals surface area contributed by atoms with E-state index in [1.54, 1.807) is 33.8 Å². The number of ether oxygens (including phenoxy) is 2.